The molecule has 25 heavy (non-hydrogen) atoms. The molecular formula is C17H18F2N2O3S. The van der Waals surface area contributed by atoms with E-state index >= 15 is 0 Å². The maximum Gasteiger partial charge on any atom is 0.229 e. The van der Waals surface area contributed by atoms with Gasteiger partial charge in [-0.05, 0) is 41.8 Å². The van der Waals surface area contributed by atoms with E-state index < -0.39 is 21.7 Å². The zero-order valence-electron chi connectivity index (χ0n) is 13.6. The first-order valence-corrected chi connectivity index (χ1v) is 9.40. The van der Waals surface area contributed by atoms with Crippen LogP contribution in [0.3, 0.4) is 0 Å². The number of benzene rings is 2. The number of carbonyl (C=O) groups is 1. The van der Waals surface area contributed by atoms with E-state index in [0.29, 0.717) is 11.3 Å². The first-order valence-electron chi connectivity index (χ1n) is 7.51. The number of anilines is 1. The van der Waals surface area contributed by atoms with Crippen LogP contribution in [0.25, 0.3) is 0 Å². The van der Waals surface area contributed by atoms with Crippen molar-refractivity contribution < 1.29 is 22.0 Å². The van der Waals surface area contributed by atoms with E-state index in [9.17, 15) is 22.0 Å². The summed E-state index contributed by atoms with van der Waals surface area (Å²) in [5.41, 5.74) is 1.11. The summed E-state index contributed by atoms with van der Waals surface area (Å²) in [5.74, 6) is -1.47. The van der Waals surface area contributed by atoms with Crippen LogP contribution in [-0.2, 0) is 27.8 Å². The second-order valence-corrected chi connectivity index (χ2v) is 7.29. The van der Waals surface area contributed by atoms with Crippen LogP contribution >= 0.6 is 0 Å². The van der Waals surface area contributed by atoms with Gasteiger partial charge in [0.05, 0.1) is 11.9 Å². The average molecular weight is 368 g/mol. The molecule has 0 spiro atoms. The quantitative estimate of drug-likeness (QED) is 0.789. The van der Waals surface area contributed by atoms with Gasteiger partial charge in [-0.2, -0.15) is 0 Å². The van der Waals surface area contributed by atoms with Crippen molar-refractivity contribution in [3.05, 3.63) is 65.2 Å². The van der Waals surface area contributed by atoms with Crippen LogP contribution in [0.2, 0.25) is 0 Å². The molecule has 134 valence electrons. The summed E-state index contributed by atoms with van der Waals surface area (Å²) < 4.78 is 51.7. The molecule has 0 fully saturated rings. The van der Waals surface area contributed by atoms with E-state index in [1.807, 2.05) is 0 Å². The van der Waals surface area contributed by atoms with Crippen LogP contribution in [0.4, 0.5) is 14.5 Å². The largest absolute Gasteiger partial charge is 0.352 e. The highest BCUT2D eigenvalue weighted by Gasteiger charge is 2.10. The molecule has 0 saturated heterocycles. The lowest BCUT2D eigenvalue weighted by molar-refractivity contribution is -0.121. The summed E-state index contributed by atoms with van der Waals surface area (Å²) in [6, 6.07) is 9.77. The molecule has 0 atom stereocenters. The predicted molar refractivity (Wildman–Crippen MR) is 91.4 cm³/mol. The highest BCUT2D eigenvalue weighted by atomic mass is 32.2. The van der Waals surface area contributed by atoms with Crippen LogP contribution in [0.1, 0.15) is 17.5 Å². The number of hydrogen-bond donors (Lipinski definition) is 2. The van der Waals surface area contributed by atoms with Crippen molar-refractivity contribution in [2.75, 3.05) is 11.0 Å². The highest BCUT2D eigenvalue weighted by Crippen LogP contribution is 2.16. The summed E-state index contributed by atoms with van der Waals surface area (Å²) in [6.07, 6.45) is 1.09. The standard InChI is InChI=1S/C17H18F2N2O3S/c1-25(23,24)21-16-5-3-2-4-13(16)11-20-17(22)9-6-12-10-14(18)7-8-15(12)19/h2-5,7-8,10,21H,6,9,11H2,1H3,(H,20,22). The number of amides is 1. The summed E-state index contributed by atoms with van der Waals surface area (Å²) in [6.45, 7) is 0.114. The topological polar surface area (TPSA) is 75.3 Å². The van der Waals surface area contributed by atoms with E-state index in [1.165, 1.54) is 0 Å². The first kappa shape index (κ1) is 18.9. The number of rotatable bonds is 7. The molecule has 0 aliphatic heterocycles. The smallest absolute Gasteiger partial charge is 0.229 e. The third-order valence-electron chi connectivity index (χ3n) is 3.42. The molecular weight excluding hydrogens is 350 g/mol. The molecule has 0 aliphatic carbocycles. The summed E-state index contributed by atoms with van der Waals surface area (Å²) >= 11 is 0. The normalized spacial score (nSPS) is 11.2. The van der Waals surface area contributed by atoms with Crippen molar-refractivity contribution in [1.29, 1.82) is 0 Å². The van der Waals surface area contributed by atoms with Gasteiger partial charge in [0.1, 0.15) is 11.6 Å². The third kappa shape index (κ3) is 6.15. The van der Waals surface area contributed by atoms with Crippen LogP contribution in [0.5, 0.6) is 0 Å². The Kier molecular flexibility index (Phi) is 6.08. The lowest BCUT2D eigenvalue weighted by Gasteiger charge is -2.11. The molecule has 2 aromatic carbocycles. The maximum absolute atomic E-state index is 13.5. The molecule has 0 saturated carbocycles. The minimum Gasteiger partial charge on any atom is -0.352 e. The monoisotopic (exact) mass is 368 g/mol. The Balaban J connectivity index is 1.93. The molecule has 0 radical (unpaired) electrons. The van der Waals surface area contributed by atoms with E-state index in [4.69, 9.17) is 0 Å². The fraction of sp³-hybridized carbons (Fsp3) is 0.235. The first-order chi connectivity index (χ1) is 11.7. The van der Waals surface area contributed by atoms with Crippen molar-refractivity contribution in [3.8, 4) is 0 Å². The molecule has 0 unspecified atom stereocenters. The van der Waals surface area contributed by atoms with Crippen LogP contribution < -0.4 is 10.0 Å². The molecule has 1 amide bonds. The average Bonchev–Trinajstić information content (AvgIpc) is 2.53. The molecule has 5 nitrogen and oxygen atoms in total. The number of para-hydroxylation sites is 1. The van der Waals surface area contributed by atoms with Crippen molar-refractivity contribution in [2.45, 2.75) is 19.4 Å². The van der Waals surface area contributed by atoms with Crippen molar-refractivity contribution in [1.82, 2.24) is 5.32 Å². The Hall–Kier alpha value is -2.48. The van der Waals surface area contributed by atoms with Crippen molar-refractivity contribution in [3.63, 3.8) is 0 Å². The Labute approximate surface area is 145 Å². The lowest BCUT2D eigenvalue weighted by Crippen LogP contribution is -2.24. The van der Waals surface area contributed by atoms with Gasteiger partial charge < -0.3 is 5.32 Å². The Bertz CT molecular complexity index is 870. The number of nitrogens with one attached hydrogen (secondary N) is 2. The van der Waals surface area contributed by atoms with Crippen molar-refractivity contribution >= 4 is 21.6 Å². The van der Waals surface area contributed by atoms with Gasteiger partial charge in [0.25, 0.3) is 0 Å². The number of aryl methyl sites for hydroxylation is 1. The summed E-state index contributed by atoms with van der Waals surface area (Å²) in [4.78, 5) is 11.9. The third-order valence-corrected chi connectivity index (χ3v) is 4.01. The summed E-state index contributed by atoms with van der Waals surface area (Å²) in [5, 5.41) is 2.64. The van der Waals surface area contributed by atoms with Gasteiger partial charge >= 0.3 is 0 Å². The van der Waals surface area contributed by atoms with E-state index in [2.05, 4.69) is 10.0 Å². The van der Waals surface area contributed by atoms with Gasteiger partial charge in [-0.3, -0.25) is 9.52 Å². The second kappa shape index (κ2) is 8.06. The second-order valence-electron chi connectivity index (χ2n) is 5.54. The molecule has 2 aromatic rings. The zero-order valence-corrected chi connectivity index (χ0v) is 14.4. The minimum absolute atomic E-state index is 0.0119. The Morgan fingerprint density at radius 1 is 1.08 bits per heavy atom. The van der Waals surface area contributed by atoms with Gasteiger partial charge in [-0.25, -0.2) is 17.2 Å². The summed E-state index contributed by atoms with van der Waals surface area (Å²) in [7, 11) is -3.43. The van der Waals surface area contributed by atoms with E-state index in [-0.39, 0.29) is 30.9 Å². The SMILES string of the molecule is CS(=O)(=O)Nc1ccccc1CNC(=O)CCc1cc(F)ccc1F. The molecule has 0 bridgehead atoms. The number of halogens is 2. The lowest BCUT2D eigenvalue weighted by atomic mass is 10.1. The van der Waals surface area contributed by atoms with Gasteiger partial charge in [0.2, 0.25) is 15.9 Å². The van der Waals surface area contributed by atoms with Crippen molar-refractivity contribution in [2.24, 2.45) is 0 Å². The van der Waals surface area contributed by atoms with E-state index in [1.54, 1.807) is 24.3 Å². The maximum atomic E-state index is 13.5. The van der Waals surface area contributed by atoms with E-state index in [0.717, 1.165) is 24.5 Å². The van der Waals surface area contributed by atoms with Gasteiger partial charge in [0.15, 0.2) is 0 Å². The van der Waals surface area contributed by atoms with Crippen LogP contribution in [0.15, 0.2) is 42.5 Å². The Morgan fingerprint density at radius 3 is 2.52 bits per heavy atom. The number of carbonyl (C=O) groups excluding carboxylic acids is 1. The fourth-order valence-corrected chi connectivity index (χ4v) is 2.84. The van der Waals surface area contributed by atoms with Crippen LogP contribution in [-0.4, -0.2) is 20.6 Å². The molecule has 2 N–H and O–H groups in total. The minimum atomic E-state index is -3.43. The van der Waals surface area contributed by atoms with Gasteiger partial charge in [-0.15, -0.1) is 0 Å². The Morgan fingerprint density at radius 2 is 1.80 bits per heavy atom. The van der Waals surface area contributed by atoms with Gasteiger partial charge in [0, 0.05) is 13.0 Å². The molecule has 8 heteroatoms. The fourth-order valence-electron chi connectivity index (χ4n) is 2.24. The highest BCUT2D eigenvalue weighted by molar-refractivity contribution is 7.92. The number of sulfonamides is 1. The number of hydrogen-bond acceptors (Lipinski definition) is 3. The molecule has 0 aromatic heterocycles. The molecule has 2 rings (SSSR count). The molecule has 0 aliphatic rings. The van der Waals surface area contributed by atoms with Gasteiger partial charge in [-0.1, -0.05) is 18.2 Å². The predicted octanol–water partition coefficient (Wildman–Crippen LogP) is 2.59. The van der Waals surface area contributed by atoms with Crippen LogP contribution in [0, 0.1) is 11.6 Å². The zero-order chi connectivity index (χ0) is 18.4. The molecule has 0 heterocycles.